The van der Waals surface area contributed by atoms with Gasteiger partial charge in [0.2, 0.25) is 0 Å². The van der Waals surface area contributed by atoms with E-state index < -0.39 is 0 Å². The molecule has 0 fully saturated rings. The van der Waals surface area contributed by atoms with Gasteiger partial charge < -0.3 is 14.1 Å². The molecule has 0 radical (unpaired) electrons. The summed E-state index contributed by atoms with van der Waals surface area (Å²) in [5.41, 5.74) is 5.39. The lowest BCUT2D eigenvalue weighted by molar-refractivity contribution is 0.289. The SMILES string of the molecule is CC[C@@H](C)c1ccc(N2COc3ccc4c(C)c(C)c(=O)oc4c3C2)cc1. The Morgan fingerprint density at radius 3 is 2.52 bits per heavy atom. The van der Waals surface area contributed by atoms with Gasteiger partial charge in [0.15, 0.2) is 6.73 Å². The van der Waals surface area contributed by atoms with Crippen LogP contribution in [-0.4, -0.2) is 6.73 Å². The zero-order valence-electron chi connectivity index (χ0n) is 16.3. The van der Waals surface area contributed by atoms with Crippen molar-refractivity contribution in [3.05, 3.63) is 69.1 Å². The number of aryl methyl sites for hydroxylation is 1. The van der Waals surface area contributed by atoms with Crippen molar-refractivity contribution in [3.63, 3.8) is 0 Å². The fraction of sp³-hybridized carbons (Fsp3) is 0.348. The van der Waals surface area contributed by atoms with Crippen LogP contribution in [0, 0.1) is 13.8 Å². The van der Waals surface area contributed by atoms with Crippen LogP contribution in [0.1, 0.15) is 48.4 Å². The van der Waals surface area contributed by atoms with Gasteiger partial charge in [-0.05, 0) is 61.6 Å². The van der Waals surface area contributed by atoms with E-state index in [4.69, 9.17) is 9.15 Å². The molecule has 3 aromatic rings. The van der Waals surface area contributed by atoms with E-state index in [1.54, 1.807) is 0 Å². The highest BCUT2D eigenvalue weighted by molar-refractivity contribution is 5.86. The Hall–Kier alpha value is -2.75. The van der Waals surface area contributed by atoms with Crippen LogP contribution in [0.4, 0.5) is 5.69 Å². The van der Waals surface area contributed by atoms with E-state index >= 15 is 0 Å². The van der Waals surface area contributed by atoms with Crippen LogP contribution < -0.4 is 15.3 Å². The first-order valence-electron chi connectivity index (χ1n) is 9.53. The third-order valence-electron chi connectivity index (χ3n) is 5.85. The molecule has 1 atom stereocenters. The van der Waals surface area contributed by atoms with Crippen molar-refractivity contribution in [3.8, 4) is 5.75 Å². The number of rotatable bonds is 3. The summed E-state index contributed by atoms with van der Waals surface area (Å²) < 4.78 is 11.6. The summed E-state index contributed by atoms with van der Waals surface area (Å²) in [7, 11) is 0. The third kappa shape index (κ3) is 2.99. The molecule has 0 aliphatic carbocycles. The number of benzene rings is 2. The molecule has 2 aromatic carbocycles. The first-order valence-corrected chi connectivity index (χ1v) is 9.53. The lowest BCUT2D eigenvalue weighted by Gasteiger charge is -2.31. The Bertz CT molecular complexity index is 1050. The van der Waals surface area contributed by atoms with Gasteiger partial charge >= 0.3 is 5.63 Å². The smallest absolute Gasteiger partial charge is 0.339 e. The Balaban J connectivity index is 1.73. The Labute approximate surface area is 159 Å². The molecular formula is C23H25NO3. The second kappa shape index (κ2) is 6.76. The van der Waals surface area contributed by atoms with Crippen molar-refractivity contribution >= 4 is 16.7 Å². The van der Waals surface area contributed by atoms with E-state index in [1.807, 2.05) is 26.0 Å². The maximum absolute atomic E-state index is 12.2. The lowest BCUT2D eigenvalue weighted by atomic mass is 9.98. The molecular weight excluding hydrogens is 338 g/mol. The van der Waals surface area contributed by atoms with Crippen LogP contribution in [-0.2, 0) is 6.54 Å². The molecule has 0 saturated heterocycles. The van der Waals surface area contributed by atoms with Gasteiger partial charge in [-0.2, -0.15) is 0 Å². The Morgan fingerprint density at radius 1 is 1.07 bits per heavy atom. The molecule has 1 aromatic heterocycles. The molecule has 1 aliphatic rings. The van der Waals surface area contributed by atoms with E-state index in [2.05, 4.69) is 43.0 Å². The molecule has 0 saturated carbocycles. The van der Waals surface area contributed by atoms with Crippen LogP contribution in [0.15, 0.2) is 45.6 Å². The molecule has 0 bridgehead atoms. The van der Waals surface area contributed by atoms with Gasteiger partial charge in [0.05, 0.1) is 12.1 Å². The average Bonchev–Trinajstić information content (AvgIpc) is 2.71. The standard InChI is InChI=1S/C23H25NO3/c1-5-14(2)17-6-8-18(9-7-17)24-12-20-21(26-13-24)11-10-19-15(3)16(4)23(25)27-22(19)20/h6-11,14H,5,12-13H2,1-4H3/t14-/m1/s1. The van der Waals surface area contributed by atoms with Crippen molar-refractivity contribution in [2.24, 2.45) is 0 Å². The van der Waals surface area contributed by atoms with Crippen LogP contribution in [0.2, 0.25) is 0 Å². The highest BCUT2D eigenvalue weighted by Crippen LogP contribution is 2.35. The molecule has 1 aliphatic heterocycles. The molecule has 0 spiro atoms. The second-order valence-electron chi connectivity index (χ2n) is 7.43. The van der Waals surface area contributed by atoms with Gasteiger partial charge in [-0.3, -0.25) is 0 Å². The van der Waals surface area contributed by atoms with Gasteiger partial charge in [0.1, 0.15) is 11.3 Å². The summed E-state index contributed by atoms with van der Waals surface area (Å²) in [4.78, 5) is 14.4. The molecule has 0 unspecified atom stereocenters. The van der Waals surface area contributed by atoms with Crippen LogP contribution in [0.5, 0.6) is 5.75 Å². The van der Waals surface area contributed by atoms with Gasteiger partial charge in [0.25, 0.3) is 0 Å². The molecule has 0 amide bonds. The Kier molecular flexibility index (Phi) is 4.42. The lowest BCUT2D eigenvalue weighted by Crippen LogP contribution is -2.32. The predicted molar refractivity (Wildman–Crippen MR) is 109 cm³/mol. The number of hydrogen-bond acceptors (Lipinski definition) is 4. The molecule has 0 N–H and O–H groups in total. The van der Waals surface area contributed by atoms with E-state index in [0.29, 0.717) is 30.3 Å². The number of fused-ring (bicyclic) bond motifs is 3. The Morgan fingerprint density at radius 2 is 1.81 bits per heavy atom. The van der Waals surface area contributed by atoms with Crippen molar-refractivity contribution < 1.29 is 9.15 Å². The summed E-state index contributed by atoms with van der Waals surface area (Å²) in [6, 6.07) is 12.6. The largest absolute Gasteiger partial charge is 0.473 e. The molecule has 4 heteroatoms. The third-order valence-corrected chi connectivity index (χ3v) is 5.85. The van der Waals surface area contributed by atoms with Gasteiger partial charge in [-0.25, -0.2) is 4.79 Å². The molecule has 4 rings (SSSR count). The van der Waals surface area contributed by atoms with Crippen molar-refractivity contribution in [2.75, 3.05) is 11.6 Å². The number of ether oxygens (including phenoxy) is 1. The highest BCUT2D eigenvalue weighted by atomic mass is 16.5. The second-order valence-corrected chi connectivity index (χ2v) is 7.43. The monoisotopic (exact) mass is 363 g/mol. The predicted octanol–water partition coefficient (Wildman–Crippen LogP) is 5.28. The van der Waals surface area contributed by atoms with E-state index in [0.717, 1.165) is 34.4 Å². The quantitative estimate of drug-likeness (QED) is 0.594. The van der Waals surface area contributed by atoms with Crippen LogP contribution >= 0.6 is 0 Å². The number of hydrogen-bond donors (Lipinski definition) is 0. The normalized spacial score (nSPS) is 14.7. The van der Waals surface area contributed by atoms with Gasteiger partial charge in [-0.1, -0.05) is 26.0 Å². The summed E-state index contributed by atoms with van der Waals surface area (Å²) in [5.74, 6) is 1.35. The average molecular weight is 363 g/mol. The van der Waals surface area contributed by atoms with Crippen molar-refractivity contribution in [1.82, 2.24) is 0 Å². The molecule has 140 valence electrons. The fourth-order valence-electron chi connectivity index (χ4n) is 3.63. The van der Waals surface area contributed by atoms with Gasteiger partial charge in [-0.15, -0.1) is 0 Å². The topological polar surface area (TPSA) is 42.7 Å². The first kappa shape index (κ1) is 17.7. The summed E-state index contributed by atoms with van der Waals surface area (Å²) in [5, 5.41) is 0.975. The van der Waals surface area contributed by atoms with Crippen molar-refractivity contribution in [1.29, 1.82) is 0 Å². The van der Waals surface area contributed by atoms with E-state index in [9.17, 15) is 4.79 Å². The summed E-state index contributed by atoms with van der Waals surface area (Å²) in [6.45, 7) is 9.36. The van der Waals surface area contributed by atoms with Gasteiger partial charge in [0, 0.05) is 16.6 Å². The maximum atomic E-state index is 12.2. The molecule has 27 heavy (non-hydrogen) atoms. The van der Waals surface area contributed by atoms with E-state index in [-0.39, 0.29) is 5.63 Å². The molecule has 2 heterocycles. The zero-order chi connectivity index (χ0) is 19.1. The maximum Gasteiger partial charge on any atom is 0.339 e. The summed E-state index contributed by atoms with van der Waals surface area (Å²) in [6.07, 6.45) is 1.13. The van der Waals surface area contributed by atoms with Crippen LogP contribution in [0.3, 0.4) is 0 Å². The van der Waals surface area contributed by atoms with Crippen LogP contribution in [0.25, 0.3) is 11.0 Å². The zero-order valence-corrected chi connectivity index (χ0v) is 16.3. The minimum absolute atomic E-state index is 0.275. The minimum atomic E-state index is -0.275. The summed E-state index contributed by atoms with van der Waals surface area (Å²) >= 11 is 0. The minimum Gasteiger partial charge on any atom is -0.473 e. The number of anilines is 1. The molecule has 4 nitrogen and oxygen atoms in total. The fourth-order valence-corrected chi connectivity index (χ4v) is 3.63. The first-order chi connectivity index (χ1) is 13.0. The van der Waals surface area contributed by atoms with E-state index in [1.165, 1.54) is 5.56 Å². The van der Waals surface area contributed by atoms with Crippen molar-refractivity contribution in [2.45, 2.75) is 46.6 Å². The highest BCUT2D eigenvalue weighted by Gasteiger charge is 2.23. The number of nitrogens with zero attached hydrogens (tertiary/aromatic N) is 1.